The quantitative estimate of drug-likeness (QED) is 0.783. The first-order chi connectivity index (χ1) is 12.6. The van der Waals surface area contributed by atoms with Crippen molar-refractivity contribution in [2.75, 3.05) is 43.1 Å². The molecule has 0 atom stereocenters. The zero-order chi connectivity index (χ0) is 18.5. The molecule has 1 aromatic heterocycles. The number of aromatic nitrogens is 1. The number of benzene rings is 1. The molecule has 8 heteroatoms. The SMILES string of the molecule is CCn1c(=O)cc(N2CCOCC2)c2cc(NC(=O)NCC=O)ccc21. The average molecular weight is 358 g/mol. The molecule has 0 radical (unpaired) electrons. The summed E-state index contributed by atoms with van der Waals surface area (Å²) in [6.07, 6.45) is 0.621. The Labute approximate surface area is 150 Å². The number of fused-ring (bicyclic) bond motifs is 1. The van der Waals surface area contributed by atoms with Gasteiger partial charge in [0.25, 0.3) is 5.56 Å². The minimum Gasteiger partial charge on any atom is -0.378 e. The summed E-state index contributed by atoms with van der Waals surface area (Å²) in [7, 11) is 0. The van der Waals surface area contributed by atoms with Crippen molar-refractivity contribution in [3.05, 3.63) is 34.6 Å². The molecule has 0 bridgehead atoms. The minimum absolute atomic E-state index is 0.0478. The summed E-state index contributed by atoms with van der Waals surface area (Å²) in [5.74, 6) is 0. The fourth-order valence-electron chi connectivity index (χ4n) is 3.15. The summed E-state index contributed by atoms with van der Waals surface area (Å²) in [6.45, 7) is 5.09. The number of rotatable bonds is 5. The highest BCUT2D eigenvalue weighted by Crippen LogP contribution is 2.28. The molecular weight excluding hydrogens is 336 g/mol. The maximum absolute atomic E-state index is 12.5. The standard InChI is InChI=1S/C18H22N4O4/c1-2-22-15-4-3-13(20-18(25)19-5-8-23)11-14(15)16(12-17(22)24)21-6-9-26-10-7-21/h3-4,8,11-12H,2,5-7,9-10H2,1H3,(H2,19,20,25). The smallest absolute Gasteiger partial charge is 0.319 e. The van der Waals surface area contributed by atoms with Crippen molar-refractivity contribution in [1.29, 1.82) is 0 Å². The monoisotopic (exact) mass is 358 g/mol. The van der Waals surface area contributed by atoms with Crippen molar-refractivity contribution in [2.45, 2.75) is 13.5 Å². The molecule has 1 aliphatic heterocycles. The predicted octanol–water partition coefficient (Wildman–Crippen LogP) is 1.18. The van der Waals surface area contributed by atoms with Gasteiger partial charge >= 0.3 is 6.03 Å². The molecule has 0 unspecified atom stereocenters. The fourth-order valence-corrected chi connectivity index (χ4v) is 3.15. The van der Waals surface area contributed by atoms with Gasteiger partial charge in [0, 0.05) is 36.8 Å². The molecule has 138 valence electrons. The first kappa shape index (κ1) is 17.9. The van der Waals surface area contributed by atoms with E-state index in [1.807, 2.05) is 19.1 Å². The number of hydrogen-bond acceptors (Lipinski definition) is 5. The Hall–Kier alpha value is -2.87. The number of pyridine rings is 1. The highest BCUT2D eigenvalue weighted by Gasteiger charge is 2.17. The van der Waals surface area contributed by atoms with Gasteiger partial charge in [0.15, 0.2) is 0 Å². The molecule has 3 rings (SSSR count). The highest BCUT2D eigenvalue weighted by atomic mass is 16.5. The number of ether oxygens (including phenoxy) is 1. The number of nitrogens with one attached hydrogen (secondary N) is 2. The second kappa shape index (κ2) is 8.01. The number of hydrogen-bond donors (Lipinski definition) is 2. The first-order valence-electron chi connectivity index (χ1n) is 8.63. The first-order valence-corrected chi connectivity index (χ1v) is 8.63. The Kier molecular flexibility index (Phi) is 5.52. The molecule has 1 aliphatic rings. The van der Waals surface area contributed by atoms with Crippen LogP contribution in [0.15, 0.2) is 29.1 Å². The van der Waals surface area contributed by atoms with Gasteiger partial charge < -0.3 is 29.6 Å². The molecule has 0 spiro atoms. The second-order valence-corrected chi connectivity index (χ2v) is 5.95. The van der Waals surface area contributed by atoms with Crippen LogP contribution in [-0.2, 0) is 16.1 Å². The number of nitrogens with zero attached hydrogens (tertiary/aromatic N) is 2. The lowest BCUT2D eigenvalue weighted by Gasteiger charge is -2.30. The van der Waals surface area contributed by atoms with Crippen LogP contribution in [-0.4, -0.2) is 49.7 Å². The van der Waals surface area contributed by atoms with Crippen molar-refractivity contribution in [3.63, 3.8) is 0 Å². The van der Waals surface area contributed by atoms with E-state index in [9.17, 15) is 14.4 Å². The van der Waals surface area contributed by atoms with Crippen molar-refractivity contribution in [3.8, 4) is 0 Å². The van der Waals surface area contributed by atoms with E-state index in [1.165, 1.54) is 0 Å². The summed E-state index contributed by atoms with van der Waals surface area (Å²) in [4.78, 5) is 36.8. The third-order valence-corrected chi connectivity index (χ3v) is 4.36. The molecule has 1 fully saturated rings. The maximum Gasteiger partial charge on any atom is 0.319 e. The molecule has 0 aliphatic carbocycles. The van der Waals surface area contributed by atoms with Crippen molar-refractivity contribution < 1.29 is 14.3 Å². The maximum atomic E-state index is 12.5. The number of aryl methyl sites for hydroxylation is 1. The van der Waals surface area contributed by atoms with Crippen molar-refractivity contribution in [2.24, 2.45) is 0 Å². The summed E-state index contributed by atoms with van der Waals surface area (Å²) < 4.78 is 7.11. The van der Waals surface area contributed by atoms with Crippen LogP contribution in [0.5, 0.6) is 0 Å². The van der Waals surface area contributed by atoms with Gasteiger partial charge in [-0.1, -0.05) is 0 Å². The van der Waals surface area contributed by atoms with E-state index in [4.69, 9.17) is 4.74 Å². The normalized spacial score (nSPS) is 14.3. The summed E-state index contributed by atoms with van der Waals surface area (Å²) >= 11 is 0. The van der Waals surface area contributed by atoms with E-state index in [1.54, 1.807) is 16.7 Å². The van der Waals surface area contributed by atoms with Gasteiger partial charge in [-0.2, -0.15) is 0 Å². The molecular formula is C18H22N4O4. The number of aldehydes is 1. The molecule has 2 aromatic rings. The number of morpholine rings is 1. The van der Waals surface area contributed by atoms with Crippen molar-refractivity contribution >= 4 is 34.6 Å². The Bertz CT molecular complexity index is 871. The largest absolute Gasteiger partial charge is 0.378 e. The van der Waals surface area contributed by atoms with Gasteiger partial charge in [-0.3, -0.25) is 4.79 Å². The predicted molar refractivity (Wildman–Crippen MR) is 100.0 cm³/mol. The van der Waals surface area contributed by atoms with Gasteiger partial charge in [0.1, 0.15) is 6.29 Å². The molecule has 2 N–H and O–H groups in total. The highest BCUT2D eigenvalue weighted by molar-refractivity contribution is 5.98. The van der Waals surface area contributed by atoms with Crippen LogP contribution in [0.3, 0.4) is 0 Å². The van der Waals surface area contributed by atoms with Crippen LogP contribution >= 0.6 is 0 Å². The van der Waals surface area contributed by atoms with Crippen LogP contribution in [0, 0.1) is 0 Å². The average Bonchev–Trinajstić information content (AvgIpc) is 2.66. The van der Waals surface area contributed by atoms with E-state index < -0.39 is 6.03 Å². The summed E-state index contributed by atoms with van der Waals surface area (Å²) in [5.41, 5.74) is 2.21. The molecule has 1 aromatic carbocycles. The number of amides is 2. The number of carbonyl (C=O) groups is 2. The van der Waals surface area contributed by atoms with E-state index in [0.717, 1.165) is 16.6 Å². The second-order valence-electron chi connectivity index (χ2n) is 5.95. The minimum atomic E-state index is -0.451. The molecule has 2 heterocycles. The molecule has 0 saturated carbocycles. The van der Waals surface area contributed by atoms with Gasteiger partial charge in [0.05, 0.1) is 31.0 Å². The van der Waals surface area contributed by atoms with Gasteiger partial charge in [-0.15, -0.1) is 0 Å². The molecule has 1 saturated heterocycles. The molecule has 2 amide bonds. The van der Waals surface area contributed by atoms with Gasteiger partial charge in [-0.05, 0) is 25.1 Å². The van der Waals surface area contributed by atoms with Crippen LogP contribution in [0.1, 0.15) is 6.92 Å². The van der Waals surface area contributed by atoms with Crippen LogP contribution in [0.4, 0.5) is 16.2 Å². The summed E-state index contributed by atoms with van der Waals surface area (Å²) in [5, 5.41) is 6.04. The summed E-state index contributed by atoms with van der Waals surface area (Å²) in [6, 6.07) is 6.63. The van der Waals surface area contributed by atoms with Crippen LogP contribution in [0.2, 0.25) is 0 Å². The Morgan fingerprint density at radius 1 is 1.27 bits per heavy atom. The van der Waals surface area contributed by atoms with Gasteiger partial charge in [-0.25, -0.2) is 4.79 Å². The topological polar surface area (TPSA) is 92.7 Å². The van der Waals surface area contributed by atoms with Gasteiger partial charge in [0.2, 0.25) is 0 Å². The van der Waals surface area contributed by atoms with E-state index in [2.05, 4.69) is 15.5 Å². The van der Waals surface area contributed by atoms with Crippen LogP contribution < -0.4 is 21.1 Å². The number of urea groups is 1. The molecule has 8 nitrogen and oxygen atoms in total. The number of carbonyl (C=O) groups excluding carboxylic acids is 2. The Morgan fingerprint density at radius 2 is 2.04 bits per heavy atom. The lowest BCUT2D eigenvalue weighted by atomic mass is 10.1. The van der Waals surface area contributed by atoms with E-state index in [-0.39, 0.29) is 12.1 Å². The van der Waals surface area contributed by atoms with E-state index >= 15 is 0 Å². The van der Waals surface area contributed by atoms with Crippen LogP contribution in [0.25, 0.3) is 10.9 Å². The number of anilines is 2. The lowest BCUT2D eigenvalue weighted by molar-refractivity contribution is -0.107. The molecule has 26 heavy (non-hydrogen) atoms. The zero-order valence-electron chi connectivity index (χ0n) is 14.7. The van der Waals surface area contributed by atoms with Crippen molar-refractivity contribution in [1.82, 2.24) is 9.88 Å². The third-order valence-electron chi connectivity index (χ3n) is 4.36. The fraction of sp³-hybridized carbons (Fsp3) is 0.389. The zero-order valence-corrected chi connectivity index (χ0v) is 14.7. The third kappa shape index (κ3) is 3.70. The lowest BCUT2D eigenvalue weighted by Crippen LogP contribution is -2.37. The van der Waals surface area contributed by atoms with E-state index in [0.29, 0.717) is 44.8 Å². The Balaban J connectivity index is 2.04. The Morgan fingerprint density at radius 3 is 2.73 bits per heavy atom.